The van der Waals surface area contributed by atoms with E-state index >= 15 is 0 Å². The van der Waals surface area contributed by atoms with Crippen LogP contribution in [0, 0.1) is 11.2 Å². The van der Waals surface area contributed by atoms with Crippen molar-refractivity contribution in [2.75, 3.05) is 11.4 Å². The molecule has 0 fully saturated rings. The number of carbonyl (C=O) groups is 1. The van der Waals surface area contributed by atoms with Crippen LogP contribution in [0.3, 0.4) is 0 Å². The van der Waals surface area contributed by atoms with E-state index in [1.54, 1.807) is 4.90 Å². The first-order chi connectivity index (χ1) is 10.9. The lowest BCUT2D eigenvalue weighted by Crippen LogP contribution is -2.40. The van der Waals surface area contributed by atoms with E-state index in [2.05, 4.69) is 37.4 Å². The summed E-state index contributed by atoms with van der Waals surface area (Å²) in [6.45, 7) is 10.2. The number of hydrogen-bond acceptors (Lipinski definition) is 4. The molecule has 2 rings (SSSR count). The second-order valence-corrected chi connectivity index (χ2v) is 7.40. The van der Waals surface area contributed by atoms with Gasteiger partial charge in [0.25, 0.3) is 0 Å². The quantitative estimate of drug-likeness (QED) is 0.407. The lowest BCUT2D eigenvalue weighted by atomic mass is 10.1. The van der Waals surface area contributed by atoms with E-state index < -0.39 is 5.60 Å². The maximum Gasteiger partial charge on any atom is 0.416 e. The van der Waals surface area contributed by atoms with Crippen LogP contribution in [0.4, 0.5) is 10.6 Å². The molecule has 0 saturated carbocycles. The molecule has 0 bridgehead atoms. The van der Waals surface area contributed by atoms with Crippen LogP contribution in [0.5, 0.6) is 0 Å². The van der Waals surface area contributed by atoms with Crippen molar-refractivity contribution in [3.8, 4) is 11.2 Å². The summed E-state index contributed by atoms with van der Waals surface area (Å²) in [5, 5.41) is 2.91. The molecule has 126 valence electrons. The van der Waals surface area contributed by atoms with Crippen LogP contribution in [-0.2, 0) is 11.2 Å². The van der Waals surface area contributed by atoms with E-state index in [-0.39, 0.29) is 6.09 Å². The number of rotatable bonds is 0. The van der Waals surface area contributed by atoms with Gasteiger partial charge in [-0.1, -0.05) is 19.9 Å². The summed E-state index contributed by atoms with van der Waals surface area (Å²) in [4.78, 5) is 18.5. The van der Waals surface area contributed by atoms with Crippen LogP contribution >= 0.6 is 30.1 Å². The lowest BCUT2D eigenvalue weighted by molar-refractivity contribution is 0.0576. The summed E-state index contributed by atoms with van der Waals surface area (Å²) in [5.74, 6) is 3.65. The first-order valence-electron chi connectivity index (χ1n) is 7.70. The average Bonchev–Trinajstić information content (AvgIpc) is 2.52. The molecule has 0 radical (unpaired) electrons. The first kappa shape index (κ1) is 20.1. The number of fused-ring (bicyclic) bond motifs is 1. The van der Waals surface area contributed by atoms with Gasteiger partial charge in [-0.15, -0.1) is 0 Å². The molecule has 0 spiro atoms. The third-order valence-corrected chi connectivity index (χ3v) is 3.71. The van der Waals surface area contributed by atoms with Crippen LogP contribution in [0.2, 0.25) is 0 Å². The van der Waals surface area contributed by atoms with E-state index in [0.29, 0.717) is 18.1 Å². The van der Waals surface area contributed by atoms with Crippen LogP contribution in [-0.4, -0.2) is 23.2 Å². The van der Waals surface area contributed by atoms with E-state index in [9.17, 15) is 4.79 Å². The van der Waals surface area contributed by atoms with Gasteiger partial charge < -0.3 is 4.74 Å². The number of amides is 1. The van der Waals surface area contributed by atoms with Crippen molar-refractivity contribution >= 4 is 42.0 Å². The fraction of sp³-hybridized carbons (Fsp3) is 0.529. The normalized spacial score (nSPS) is 13.0. The Balaban J connectivity index is 0.00000127. The largest absolute Gasteiger partial charge is 0.443 e. The van der Waals surface area contributed by atoms with Gasteiger partial charge in [0.05, 0.1) is 0 Å². The van der Waals surface area contributed by atoms with E-state index in [4.69, 9.17) is 4.74 Å². The smallest absolute Gasteiger partial charge is 0.416 e. The second kappa shape index (κ2) is 9.38. The molecule has 2 heterocycles. The summed E-state index contributed by atoms with van der Waals surface area (Å²) in [5.41, 5.74) is 1.23. The van der Waals surface area contributed by atoms with Crippen LogP contribution in [0.1, 0.15) is 52.3 Å². The van der Waals surface area contributed by atoms with Crippen molar-refractivity contribution in [2.24, 2.45) is 0 Å². The van der Waals surface area contributed by atoms with Crippen molar-refractivity contribution in [1.29, 1.82) is 0 Å². The topological polar surface area (TPSA) is 42.4 Å². The van der Waals surface area contributed by atoms with Crippen LogP contribution in [0.25, 0.3) is 0 Å². The molecule has 6 heteroatoms. The molecule has 0 aliphatic carbocycles. The highest BCUT2D eigenvalue weighted by atomic mass is 127. The number of aryl methyl sites for hydroxylation is 1. The molecule has 0 atom stereocenters. The van der Waals surface area contributed by atoms with Gasteiger partial charge in [-0.2, -0.15) is 0 Å². The molecule has 1 aliphatic heterocycles. The van der Waals surface area contributed by atoms with Gasteiger partial charge in [-0.3, -0.25) is 4.90 Å². The number of pyridine rings is 1. The van der Waals surface area contributed by atoms with Gasteiger partial charge in [0.1, 0.15) is 17.1 Å². The predicted octanol–water partition coefficient (Wildman–Crippen LogP) is 5.19. The van der Waals surface area contributed by atoms with E-state index in [1.165, 1.54) is 8.93 Å². The number of carbonyl (C=O) groups excluding carboxylic acids is 1. The number of halogens is 1. The number of nitrogens with zero attached hydrogens (tertiary/aromatic N) is 2. The zero-order chi connectivity index (χ0) is 17.5. The Hall–Kier alpha value is -0.940. The fourth-order valence-corrected chi connectivity index (χ4v) is 2.55. The highest BCUT2D eigenvalue weighted by Crippen LogP contribution is 2.27. The third kappa shape index (κ3) is 6.22. The number of ether oxygens (including phenoxy) is 1. The Morgan fingerprint density at radius 1 is 1.39 bits per heavy atom. The minimum absolute atomic E-state index is 0.343. The highest BCUT2D eigenvalue weighted by molar-refractivity contribution is 14.2. The van der Waals surface area contributed by atoms with Gasteiger partial charge in [0.15, 0.2) is 0 Å². The van der Waals surface area contributed by atoms with E-state index in [1.807, 2.05) is 46.8 Å². The minimum atomic E-state index is -0.510. The molecule has 0 aromatic carbocycles. The number of aromatic nitrogens is 1. The predicted molar refractivity (Wildman–Crippen MR) is 106 cm³/mol. The maximum absolute atomic E-state index is 12.3. The summed E-state index contributed by atoms with van der Waals surface area (Å²) >= 11 is 2.12. The Labute approximate surface area is 155 Å². The van der Waals surface area contributed by atoms with Gasteiger partial charge in [-0.05, 0) is 65.3 Å². The molecule has 0 N–H and O–H groups in total. The molecule has 0 saturated heterocycles. The summed E-state index contributed by atoms with van der Waals surface area (Å²) in [6.07, 6.45) is 1.50. The molecular weight excluding hydrogens is 423 g/mol. The molecule has 1 amide bonds. The zero-order valence-corrected chi connectivity index (χ0v) is 17.2. The average molecular weight is 446 g/mol. The third-order valence-electron chi connectivity index (χ3n) is 2.87. The van der Waals surface area contributed by atoms with Crippen LogP contribution in [0.15, 0.2) is 12.1 Å². The molecule has 23 heavy (non-hydrogen) atoms. The molecule has 1 aliphatic rings. The Morgan fingerprint density at radius 2 is 2.09 bits per heavy atom. The molecule has 1 aromatic heterocycles. The summed E-state index contributed by atoms with van der Waals surface area (Å²) < 4.78 is 5.46. The second-order valence-electron chi connectivity index (χ2n) is 5.72. The standard InChI is InChI=1S/C15H17IN2O2S.C2H6/c1-15(2,3)20-14(19)18-9-4-5-11-6-7-12(8-10-21-16)17-13(11)18;1-2/h6-7H,4-5,9H2,1-3H3;1-2H3. The summed E-state index contributed by atoms with van der Waals surface area (Å²) in [6, 6.07) is 3.90. The van der Waals surface area contributed by atoms with Crippen LogP contribution < -0.4 is 4.90 Å². The zero-order valence-electron chi connectivity index (χ0n) is 14.3. The Bertz CT molecular complexity index is 603. The van der Waals surface area contributed by atoms with Crippen molar-refractivity contribution < 1.29 is 9.53 Å². The highest BCUT2D eigenvalue weighted by Gasteiger charge is 2.28. The summed E-state index contributed by atoms with van der Waals surface area (Å²) in [7, 11) is 1.41. The van der Waals surface area contributed by atoms with Gasteiger partial charge >= 0.3 is 6.09 Å². The van der Waals surface area contributed by atoms with Crippen molar-refractivity contribution in [1.82, 2.24) is 4.98 Å². The van der Waals surface area contributed by atoms with Gasteiger partial charge in [0.2, 0.25) is 0 Å². The van der Waals surface area contributed by atoms with Crippen molar-refractivity contribution in [2.45, 2.75) is 53.1 Å². The monoisotopic (exact) mass is 446 g/mol. The first-order valence-corrected chi connectivity index (χ1v) is 11.1. The fourth-order valence-electron chi connectivity index (χ4n) is 2.08. The van der Waals surface area contributed by atoms with E-state index in [0.717, 1.165) is 18.4 Å². The maximum atomic E-state index is 12.3. The molecule has 1 aromatic rings. The number of hydrogen-bond donors (Lipinski definition) is 0. The SMILES string of the molecule is CC.CC(C)(C)OC(=O)N1CCCc2ccc(C#CSI)nc21. The molecule has 4 nitrogen and oxygen atoms in total. The minimum Gasteiger partial charge on any atom is -0.443 e. The number of anilines is 1. The Kier molecular flexibility index (Phi) is 8.20. The molecule has 0 unspecified atom stereocenters. The van der Waals surface area contributed by atoms with Crippen molar-refractivity contribution in [3.63, 3.8) is 0 Å². The Morgan fingerprint density at radius 3 is 2.70 bits per heavy atom. The molecular formula is C17H23IN2O2S. The lowest BCUT2D eigenvalue weighted by Gasteiger charge is -2.30. The van der Waals surface area contributed by atoms with Crippen molar-refractivity contribution in [3.05, 3.63) is 23.4 Å². The van der Waals surface area contributed by atoms with Gasteiger partial charge in [0, 0.05) is 27.8 Å². The van der Waals surface area contributed by atoms with Gasteiger partial charge in [-0.25, -0.2) is 9.78 Å².